The highest BCUT2D eigenvalue weighted by Gasteiger charge is 2.36. The molecule has 0 aliphatic heterocycles. The summed E-state index contributed by atoms with van der Waals surface area (Å²) in [4.78, 5) is 10.1. The zero-order valence-electron chi connectivity index (χ0n) is 8.53. The van der Waals surface area contributed by atoms with E-state index in [0.717, 1.165) is 12.1 Å². The maximum absolute atomic E-state index is 12.1. The lowest BCUT2D eigenvalue weighted by Crippen LogP contribution is -2.23. The summed E-state index contributed by atoms with van der Waals surface area (Å²) in [6.45, 7) is 0. The van der Waals surface area contributed by atoms with Crippen molar-refractivity contribution in [1.82, 2.24) is 0 Å². The molecule has 0 radical (unpaired) electrons. The average molecular weight is 347 g/mol. The molecule has 0 aliphatic rings. The molecule has 100 valence electrons. The fraction of sp³-hybridized carbons (Fsp3) is 0.222. The number of sulfone groups is 1. The van der Waals surface area contributed by atoms with Crippen LogP contribution in [0.25, 0.3) is 0 Å². The fourth-order valence-corrected chi connectivity index (χ4v) is 2.75. The van der Waals surface area contributed by atoms with Crippen LogP contribution in [0.2, 0.25) is 0 Å². The Morgan fingerprint density at radius 1 is 1.33 bits per heavy atom. The van der Waals surface area contributed by atoms with Gasteiger partial charge in [-0.2, -0.15) is 13.2 Å². The topological polar surface area (TPSA) is 71.4 Å². The Bertz CT molecular complexity index is 580. The van der Waals surface area contributed by atoms with Gasteiger partial charge in [-0.1, -0.05) is 0 Å². The third kappa shape index (κ3) is 3.70. The van der Waals surface area contributed by atoms with Crippen LogP contribution in [-0.4, -0.2) is 31.4 Å². The van der Waals surface area contributed by atoms with Gasteiger partial charge in [0.05, 0.1) is 10.5 Å². The molecule has 1 rings (SSSR count). The molecule has 9 heteroatoms. The van der Waals surface area contributed by atoms with E-state index in [1.165, 1.54) is 0 Å². The molecule has 0 amide bonds. The number of aromatic carboxylic acids is 1. The summed E-state index contributed by atoms with van der Waals surface area (Å²) < 4.78 is 59.1. The van der Waals surface area contributed by atoms with Gasteiger partial charge in [0.1, 0.15) is 0 Å². The summed E-state index contributed by atoms with van der Waals surface area (Å²) in [6, 6.07) is 2.68. The van der Waals surface area contributed by atoms with Gasteiger partial charge in [0.15, 0.2) is 15.6 Å². The molecule has 0 heterocycles. The van der Waals surface area contributed by atoms with Gasteiger partial charge in [-0.25, -0.2) is 13.2 Å². The molecule has 0 saturated heterocycles. The molecule has 1 aromatic carbocycles. The van der Waals surface area contributed by atoms with E-state index in [9.17, 15) is 26.4 Å². The normalized spacial score (nSPS) is 12.4. The van der Waals surface area contributed by atoms with Crippen LogP contribution in [0.4, 0.5) is 13.2 Å². The second kappa shape index (κ2) is 4.88. The second-order valence-electron chi connectivity index (χ2n) is 3.32. The van der Waals surface area contributed by atoms with Crippen molar-refractivity contribution >= 4 is 31.7 Å². The highest BCUT2D eigenvalue weighted by Crippen LogP contribution is 2.25. The minimum atomic E-state index is -4.88. The quantitative estimate of drug-likeness (QED) is 0.912. The summed E-state index contributed by atoms with van der Waals surface area (Å²) in [7, 11) is -4.60. The van der Waals surface area contributed by atoms with Crippen molar-refractivity contribution in [3.8, 4) is 0 Å². The Kier molecular flexibility index (Phi) is 4.06. The van der Waals surface area contributed by atoms with Crippen LogP contribution >= 0.6 is 15.9 Å². The third-order valence-electron chi connectivity index (χ3n) is 1.88. The van der Waals surface area contributed by atoms with E-state index in [1.54, 1.807) is 0 Å². The van der Waals surface area contributed by atoms with E-state index in [4.69, 9.17) is 5.11 Å². The molecule has 0 saturated carbocycles. The lowest BCUT2D eigenvalue weighted by molar-refractivity contribution is -0.106. The minimum absolute atomic E-state index is 0.0842. The lowest BCUT2D eigenvalue weighted by Gasteiger charge is -2.09. The molecule has 0 aromatic heterocycles. The zero-order valence-corrected chi connectivity index (χ0v) is 10.9. The number of rotatable bonds is 3. The van der Waals surface area contributed by atoms with Crippen molar-refractivity contribution in [2.24, 2.45) is 0 Å². The van der Waals surface area contributed by atoms with Gasteiger partial charge in [0.25, 0.3) is 0 Å². The van der Waals surface area contributed by atoms with Crippen molar-refractivity contribution in [1.29, 1.82) is 0 Å². The first-order chi connectivity index (χ1) is 8.03. The molecular formula is C9H6BrF3O4S. The van der Waals surface area contributed by atoms with E-state index in [1.807, 2.05) is 0 Å². The first kappa shape index (κ1) is 15.0. The SMILES string of the molecule is O=C(O)c1cc(S(=O)(=O)CC(F)(F)F)ccc1Br. The molecular weight excluding hydrogens is 341 g/mol. The van der Waals surface area contributed by atoms with Crippen molar-refractivity contribution in [2.45, 2.75) is 11.1 Å². The number of carboxylic acid groups (broad SMARTS) is 1. The Morgan fingerprint density at radius 3 is 2.33 bits per heavy atom. The van der Waals surface area contributed by atoms with Crippen molar-refractivity contribution in [3.63, 3.8) is 0 Å². The highest BCUT2D eigenvalue weighted by atomic mass is 79.9. The summed E-state index contributed by atoms with van der Waals surface area (Å²) in [5, 5.41) is 8.74. The summed E-state index contributed by atoms with van der Waals surface area (Å²) in [6.07, 6.45) is -4.88. The Hall–Kier alpha value is -1.09. The second-order valence-corrected chi connectivity index (χ2v) is 6.16. The monoisotopic (exact) mass is 346 g/mol. The van der Waals surface area contributed by atoms with Gasteiger partial charge in [-0.15, -0.1) is 0 Å². The highest BCUT2D eigenvalue weighted by molar-refractivity contribution is 9.10. The molecule has 0 bridgehead atoms. The predicted molar refractivity (Wildman–Crippen MR) is 59.2 cm³/mol. The number of carboxylic acids is 1. The van der Waals surface area contributed by atoms with Gasteiger partial charge < -0.3 is 5.11 Å². The Morgan fingerprint density at radius 2 is 1.89 bits per heavy atom. The number of carbonyl (C=O) groups is 1. The van der Waals surface area contributed by atoms with Crippen LogP contribution in [0.1, 0.15) is 10.4 Å². The first-order valence-electron chi connectivity index (χ1n) is 4.35. The summed E-state index contributed by atoms with van der Waals surface area (Å²) in [5.41, 5.74) is -0.418. The average Bonchev–Trinajstić information content (AvgIpc) is 2.13. The number of halogens is 4. The molecule has 0 atom stereocenters. The smallest absolute Gasteiger partial charge is 0.403 e. The molecule has 18 heavy (non-hydrogen) atoms. The lowest BCUT2D eigenvalue weighted by atomic mass is 10.2. The van der Waals surface area contributed by atoms with E-state index < -0.39 is 38.2 Å². The predicted octanol–water partition coefficient (Wildman–Crippen LogP) is 2.48. The van der Waals surface area contributed by atoms with E-state index >= 15 is 0 Å². The Balaban J connectivity index is 3.27. The molecule has 0 unspecified atom stereocenters. The molecule has 0 spiro atoms. The summed E-state index contributed by atoms with van der Waals surface area (Å²) in [5.74, 6) is -3.47. The maximum Gasteiger partial charge on any atom is 0.403 e. The van der Waals surface area contributed by atoms with Crippen molar-refractivity contribution < 1.29 is 31.5 Å². The third-order valence-corrected chi connectivity index (χ3v) is 4.25. The first-order valence-corrected chi connectivity index (χ1v) is 6.80. The van der Waals surface area contributed by atoms with Gasteiger partial charge in [0.2, 0.25) is 0 Å². The molecule has 1 N–H and O–H groups in total. The van der Waals surface area contributed by atoms with E-state index in [-0.39, 0.29) is 4.47 Å². The zero-order chi connectivity index (χ0) is 14.1. The number of alkyl halides is 3. The molecule has 4 nitrogen and oxygen atoms in total. The number of hydrogen-bond donors (Lipinski definition) is 1. The fourth-order valence-electron chi connectivity index (χ4n) is 1.16. The maximum atomic E-state index is 12.1. The Labute approximate surface area is 108 Å². The van der Waals surface area contributed by atoms with Crippen LogP contribution in [0.3, 0.4) is 0 Å². The van der Waals surface area contributed by atoms with Gasteiger partial charge in [-0.05, 0) is 34.1 Å². The van der Waals surface area contributed by atoms with Crippen molar-refractivity contribution in [2.75, 3.05) is 5.75 Å². The number of benzene rings is 1. The van der Waals surface area contributed by atoms with Crippen LogP contribution in [0.5, 0.6) is 0 Å². The number of hydrogen-bond acceptors (Lipinski definition) is 3. The van der Waals surface area contributed by atoms with Crippen LogP contribution in [-0.2, 0) is 9.84 Å². The largest absolute Gasteiger partial charge is 0.478 e. The van der Waals surface area contributed by atoms with Gasteiger partial charge in [0, 0.05) is 4.47 Å². The van der Waals surface area contributed by atoms with Gasteiger partial charge >= 0.3 is 12.1 Å². The van der Waals surface area contributed by atoms with Crippen LogP contribution < -0.4 is 0 Å². The molecule has 1 aromatic rings. The van der Waals surface area contributed by atoms with Crippen LogP contribution in [0.15, 0.2) is 27.6 Å². The van der Waals surface area contributed by atoms with Crippen LogP contribution in [0, 0.1) is 0 Å². The van der Waals surface area contributed by atoms with E-state index in [2.05, 4.69) is 15.9 Å². The van der Waals surface area contributed by atoms with Crippen molar-refractivity contribution in [3.05, 3.63) is 28.2 Å². The van der Waals surface area contributed by atoms with E-state index in [0.29, 0.717) is 6.07 Å². The summed E-state index contributed by atoms with van der Waals surface area (Å²) >= 11 is 2.86. The molecule has 0 aliphatic carbocycles. The van der Waals surface area contributed by atoms with Gasteiger partial charge in [-0.3, -0.25) is 0 Å². The minimum Gasteiger partial charge on any atom is -0.478 e. The standard InChI is InChI=1S/C9H6BrF3O4S/c10-7-2-1-5(3-6(7)8(14)15)18(16,17)4-9(11,12)13/h1-3H,4H2,(H,14,15). The molecule has 0 fully saturated rings.